The molecule has 0 radical (unpaired) electrons. The minimum atomic E-state index is -0.359. The van der Waals surface area contributed by atoms with Crippen molar-refractivity contribution in [3.05, 3.63) is 34.1 Å². The summed E-state index contributed by atoms with van der Waals surface area (Å²) in [5.74, 6) is -0.359. The van der Waals surface area contributed by atoms with Crippen LogP contribution in [0.3, 0.4) is 0 Å². The van der Waals surface area contributed by atoms with E-state index in [-0.39, 0.29) is 12.4 Å². The topological polar surface area (TPSA) is 29.1 Å². The Bertz CT molecular complexity index is 328. The third-order valence-electron chi connectivity index (χ3n) is 1.78. The molecule has 1 rings (SSSR count). The van der Waals surface area contributed by atoms with Gasteiger partial charge in [-0.25, -0.2) is 4.39 Å². The fourth-order valence-corrected chi connectivity index (χ4v) is 1.15. The van der Waals surface area contributed by atoms with Crippen LogP contribution in [0.1, 0.15) is 11.1 Å². The second kappa shape index (κ2) is 4.23. The molecule has 1 amide bonds. The number of halogens is 2. The van der Waals surface area contributed by atoms with E-state index in [1.54, 1.807) is 19.1 Å². The van der Waals surface area contributed by atoms with E-state index in [4.69, 9.17) is 11.6 Å². The number of rotatable bonds is 3. The first-order chi connectivity index (χ1) is 6.16. The number of hydrogen-bond donors (Lipinski definition) is 1. The maximum absolute atomic E-state index is 13.3. The molecule has 70 valence electrons. The van der Waals surface area contributed by atoms with Crippen LogP contribution in [0.15, 0.2) is 12.1 Å². The van der Waals surface area contributed by atoms with Crippen molar-refractivity contribution in [1.82, 2.24) is 5.32 Å². The predicted molar refractivity (Wildman–Crippen MR) is 49.1 cm³/mol. The normalized spacial score (nSPS) is 9.77. The van der Waals surface area contributed by atoms with Crippen LogP contribution in [0.4, 0.5) is 4.39 Å². The summed E-state index contributed by atoms with van der Waals surface area (Å²) in [6, 6.07) is 3.17. The fourth-order valence-electron chi connectivity index (χ4n) is 1.01. The van der Waals surface area contributed by atoms with E-state index in [1.807, 2.05) is 0 Å². The lowest BCUT2D eigenvalue weighted by Crippen LogP contribution is -2.11. The van der Waals surface area contributed by atoms with Crippen LogP contribution in [0.25, 0.3) is 0 Å². The van der Waals surface area contributed by atoms with Crippen molar-refractivity contribution in [1.29, 1.82) is 0 Å². The zero-order valence-corrected chi connectivity index (χ0v) is 7.86. The van der Waals surface area contributed by atoms with E-state index < -0.39 is 0 Å². The van der Waals surface area contributed by atoms with Gasteiger partial charge < -0.3 is 5.32 Å². The van der Waals surface area contributed by atoms with Crippen LogP contribution in [-0.4, -0.2) is 6.41 Å². The van der Waals surface area contributed by atoms with E-state index in [0.29, 0.717) is 22.6 Å². The molecule has 0 aliphatic carbocycles. The van der Waals surface area contributed by atoms with Crippen molar-refractivity contribution >= 4 is 18.0 Å². The number of carbonyl (C=O) groups is 1. The number of nitrogens with one attached hydrogen (secondary N) is 1. The molecule has 0 aromatic heterocycles. The molecule has 0 spiro atoms. The number of amides is 1. The Morgan fingerprint density at radius 2 is 2.31 bits per heavy atom. The van der Waals surface area contributed by atoms with Crippen LogP contribution in [-0.2, 0) is 11.3 Å². The third-order valence-corrected chi connectivity index (χ3v) is 2.19. The second-order valence-electron chi connectivity index (χ2n) is 2.64. The van der Waals surface area contributed by atoms with Gasteiger partial charge in [0, 0.05) is 22.7 Å². The van der Waals surface area contributed by atoms with Crippen molar-refractivity contribution < 1.29 is 9.18 Å². The van der Waals surface area contributed by atoms with Gasteiger partial charge in [0.2, 0.25) is 6.41 Å². The average Bonchev–Trinajstić information content (AvgIpc) is 2.13. The number of hydrogen-bond acceptors (Lipinski definition) is 1. The molecule has 0 saturated carbocycles. The Labute approximate surface area is 80.7 Å². The van der Waals surface area contributed by atoms with Crippen LogP contribution < -0.4 is 5.32 Å². The minimum Gasteiger partial charge on any atom is -0.354 e. The van der Waals surface area contributed by atoms with Gasteiger partial charge >= 0.3 is 0 Å². The predicted octanol–water partition coefficient (Wildman–Crippen LogP) is 2.03. The summed E-state index contributed by atoms with van der Waals surface area (Å²) in [6.45, 7) is 1.79. The molecule has 4 heteroatoms. The standard InChI is InChI=1S/C9H9ClFNO/c1-6-8(10)3-2-7(9(6)11)4-12-5-13/h2-3,5H,4H2,1H3,(H,12,13). The molecule has 0 bridgehead atoms. The van der Waals surface area contributed by atoms with Gasteiger partial charge in [0.1, 0.15) is 5.82 Å². The van der Waals surface area contributed by atoms with Gasteiger partial charge in [0.05, 0.1) is 0 Å². The van der Waals surface area contributed by atoms with Gasteiger partial charge in [0.15, 0.2) is 0 Å². The van der Waals surface area contributed by atoms with E-state index in [1.165, 1.54) is 0 Å². The smallest absolute Gasteiger partial charge is 0.207 e. The first-order valence-corrected chi connectivity index (χ1v) is 4.15. The summed E-state index contributed by atoms with van der Waals surface area (Å²) in [7, 11) is 0. The van der Waals surface area contributed by atoms with Crippen LogP contribution in [0.2, 0.25) is 5.02 Å². The Kier molecular flexibility index (Phi) is 3.25. The maximum atomic E-state index is 13.3. The lowest BCUT2D eigenvalue weighted by atomic mass is 10.1. The third kappa shape index (κ3) is 2.18. The van der Waals surface area contributed by atoms with E-state index in [0.717, 1.165) is 0 Å². The lowest BCUT2D eigenvalue weighted by Gasteiger charge is -2.05. The summed E-state index contributed by atoms with van der Waals surface area (Å²) in [4.78, 5) is 9.98. The van der Waals surface area contributed by atoms with Crippen LogP contribution in [0.5, 0.6) is 0 Å². The van der Waals surface area contributed by atoms with Gasteiger partial charge in [-0.2, -0.15) is 0 Å². The van der Waals surface area contributed by atoms with Crippen molar-refractivity contribution in [2.24, 2.45) is 0 Å². The SMILES string of the molecule is Cc1c(Cl)ccc(CNC=O)c1F. The van der Waals surface area contributed by atoms with E-state index in [9.17, 15) is 9.18 Å². The highest BCUT2D eigenvalue weighted by Gasteiger charge is 2.07. The highest BCUT2D eigenvalue weighted by atomic mass is 35.5. The Morgan fingerprint density at radius 1 is 1.62 bits per heavy atom. The molecule has 1 aromatic rings. The van der Waals surface area contributed by atoms with Gasteiger partial charge in [-0.3, -0.25) is 4.79 Å². The maximum Gasteiger partial charge on any atom is 0.207 e. The molecule has 0 aliphatic rings. The quantitative estimate of drug-likeness (QED) is 0.745. The van der Waals surface area contributed by atoms with Crippen molar-refractivity contribution in [2.45, 2.75) is 13.5 Å². The van der Waals surface area contributed by atoms with Gasteiger partial charge in [-0.1, -0.05) is 17.7 Å². The second-order valence-corrected chi connectivity index (χ2v) is 3.05. The fraction of sp³-hybridized carbons (Fsp3) is 0.222. The molecule has 0 aliphatic heterocycles. The molecule has 1 aromatic carbocycles. The molecular weight excluding hydrogens is 193 g/mol. The van der Waals surface area contributed by atoms with Crippen molar-refractivity contribution in [2.75, 3.05) is 0 Å². The van der Waals surface area contributed by atoms with Crippen LogP contribution >= 0.6 is 11.6 Å². The number of benzene rings is 1. The first kappa shape index (κ1) is 9.99. The van der Waals surface area contributed by atoms with Crippen molar-refractivity contribution in [3.63, 3.8) is 0 Å². The number of carbonyl (C=O) groups excluding carboxylic acids is 1. The Hall–Kier alpha value is -1.09. The molecular formula is C9H9ClFNO. The molecule has 0 heterocycles. The molecule has 0 unspecified atom stereocenters. The highest BCUT2D eigenvalue weighted by Crippen LogP contribution is 2.20. The first-order valence-electron chi connectivity index (χ1n) is 3.77. The highest BCUT2D eigenvalue weighted by molar-refractivity contribution is 6.31. The van der Waals surface area contributed by atoms with Crippen molar-refractivity contribution in [3.8, 4) is 0 Å². The summed E-state index contributed by atoms with van der Waals surface area (Å²) >= 11 is 5.69. The molecule has 1 N–H and O–H groups in total. The minimum absolute atomic E-state index is 0.188. The molecule has 0 atom stereocenters. The average molecular weight is 202 g/mol. The summed E-state index contributed by atoms with van der Waals surface area (Å²) < 4.78 is 13.3. The molecule has 0 saturated heterocycles. The monoisotopic (exact) mass is 201 g/mol. The van der Waals surface area contributed by atoms with Gasteiger partial charge in [0.25, 0.3) is 0 Å². The molecule has 0 fully saturated rings. The summed E-state index contributed by atoms with van der Waals surface area (Å²) in [5.41, 5.74) is 0.848. The lowest BCUT2D eigenvalue weighted by molar-refractivity contribution is -0.109. The zero-order chi connectivity index (χ0) is 9.84. The largest absolute Gasteiger partial charge is 0.354 e. The molecule has 2 nitrogen and oxygen atoms in total. The zero-order valence-electron chi connectivity index (χ0n) is 7.10. The Balaban J connectivity index is 2.96. The van der Waals surface area contributed by atoms with Crippen LogP contribution in [0, 0.1) is 12.7 Å². The van der Waals surface area contributed by atoms with E-state index in [2.05, 4.69) is 5.32 Å². The molecule has 13 heavy (non-hydrogen) atoms. The van der Waals surface area contributed by atoms with Gasteiger partial charge in [-0.15, -0.1) is 0 Å². The van der Waals surface area contributed by atoms with Gasteiger partial charge in [-0.05, 0) is 13.0 Å². The summed E-state index contributed by atoms with van der Waals surface area (Å²) in [6.07, 6.45) is 0.531. The summed E-state index contributed by atoms with van der Waals surface area (Å²) in [5, 5.41) is 2.78. The van der Waals surface area contributed by atoms with E-state index >= 15 is 0 Å². The Morgan fingerprint density at radius 3 is 2.92 bits per heavy atom.